The number of benzene rings is 2. The predicted octanol–water partition coefficient (Wildman–Crippen LogP) is 4.56. The second-order valence-electron chi connectivity index (χ2n) is 4.76. The van der Waals surface area contributed by atoms with E-state index < -0.39 is 0 Å². The lowest BCUT2D eigenvalue weighted by Crippen LogP contribution is -2.21. The lowest BCUT2D eigenvalue weighted by Gasteiger charge is -2.16. The molecule has 0 heterocycles. The van der Waals surface area contributed by atoms with Crippen LogP contribution in [0.5, 0.6) is 0 Å². The molecule has 0 unspecified atom stereocenters. The van der Waals surface area contributed by atoms with E-state index in [1.807, 2.05) is 32.0 Å². The van der Waals surface area contributed by atoms with E-state index in [-0.39, 0.29) is 5.82 Å². The van der Waals surface area contributed by atoms with Crippen LogP contribution in [-0.4, -0.2) is 5.11 Å². The van der Waals surface area contributed by atoms with Gasteiger partial charge < -0.3 is 10.6 Å². The maximum absolute atomic E-state index is 13.5. The molecule has 2 nitrogen and oxygen atoms in total. The summed E-state index contributed by atoms with van der Waals surface area (Å²) >= 11 is 5.30. The molecule has 4 heteroatoms. The molecule has 0 fully saturated rings. The van der Waals surface area contributed by atoms with E-state index in [4.69, 9.17) is 12.2 Å². The van der Waals surface area contributed by atoms with Crippen LogP contribution in [0.2, 0.25) is 0 Å². The molecule has 20 heavy (non-hydrogen) atoms. The molecule has 0 saturated carbocycles. The Hall–Kier alpha value is -1.94. The Morgan fingerprint density at radius 2 is 1.55 bits per heavy atom. The molecule has 0 amide bonds. The maximum atomic E-state index is 13.5. The van der Waals surface area contributed by atoms with E-state index >= 15 is 0 Å². The van der Waals surface area contributed by atoms with Crippen LogP contribution < -0.4 is 10.6 Å². The summed E-state index contributed by atoms with van der Waals surface area (Å²) in [5.41, 5.74) is 4.45. The van der Waals surface area contributed by atoms with Crippen molar-refractivity contribution in [3.8, 4) is 0 Å². The zero-order valence-electron chi connectivity index (χ0n) is 11.8. The van der Waals surface area contributed by atoms with Gasteiger partial charge in [-0.2, -0.15) is 0 Å². The lowest BCUT2D eigenvalue weighted by molar-refractivity contribution is 0.619. The first-order chi connectivity index (χ1) is 9.49. The van der Waals surface area contributed by atoms with Crippen molar-refractivity contribution in [1.82, 2.24) is 0 Å². The fourth-order valence-corrected chi connectivity index (χ4v) is 2.23. The van der Waals surface area contributed by atoms with Crippen molar-refractivity contribution in [2.75, 3.05) is 10.6 Å². The number of anilines is 2. The Morgan fingerprint density at radius 3 is 2.20 bits per heavy atom. The molecule has 0 aliphatic carbocycles. The number of para-hydroxylation sites is 1. The molecule has 0 spiro atoms. The van der Waals surface area contributed by atoms with E-state index in [2.05, 4.69) is 10.6 Å². The molecule has 0 saturated heterocycles. The van der Waals surface area contributed by atoms with E-state index in [0.717, 1.165) is 16.8 Å². The van der Waals surface area contributed by atoms with Crippen molar-refractivity contribution >= 4 is 28.7 Å². The monoisotopic (exact) mass is 288 g/mol. The Morgan fingerprint density at radius 1 is 0.950 bits per heavy atom. The summed E-state index contributed by atoms with van der Waals surface area (Å²) in [7, 11) is 0. The molecule has 0 bridgehead atoms. The smallest absolute Gasteiger partial charge is 0.175 e. The van der Waals surface area contributed by atoms with Gasteiger partial charge in [-0.15, -0.1) is 0 Å². The average Bonchev–Trinajstić information content (AvgIpc) is 2.39. The molecule has 104 valence electrons. The Bertz CT molecular complexity index is 633. The van der Waals surface area contributed by atoms with Crippen LogP contribution in [0, 0.1) is 26.6 Å². The third-order valence-corrected chi connectivity index (χ3v) is 3.44. The third-order valence-electron chi connectivity index (χ3n) is 3.24. The first-order valence-corrected chi connectivity index (χ1v) is 6.79. The summed E-state index contributed by atoms with van der Waals surface area (Å²) < 4.78 is 13.5. The van der Waals surface area contributed by atoms with Gasteiger partial charge in [-0.3, -0.25) is 0 Å². The predicted molar refractivity (Wildman–Crippen MR) is 86.9 cm³/mol. The summed E-state index contributed by atoms with van der Waals surface area (Å²) in [6.45, 7) is 5.76. The minimum atomic E-state index is -0.245. The summed E-state index contributed by atoms with van der Waals surface area (Å²) in [5, 5.41) is 6.66. The van der Waals surface area contributed by atoms with E-state index in [1.165, 1.54) is 6.07 Å². The van der Waals surface area contributed by atoms with Crippen molar-refractivity contribution in [2.24, 2.45) is 0 Å². The first-order valence-electron chi connectivity index (χ1n) is 6.38. The van der Waals surface area contributed by atoms with Crippen LogP contribution in [0.3, 0.4) is 0 Å². The molecule has 0 aliphatic rings. The molecule has 0 aliphatic heterocycles. The Kier molecular flexibility index (Phi) is 4.35. The molecule has 0 aromatic heterocycles. The third kappa shape index (κ3) is 3.14. The van der Waals surface area contributed by atoms with Crippen molar-refractivity contribution in [3.63, 3.8) is 0 Å². The van der Waals surface area contributed by atoms with E-state index in [9.17, 15) is 4.39 Å². The lowest BCUT2D eigenvalue weighted by atomic mass is 10.1. The van der Waals surface area contributed by atoms with Gasteiger partial charge in [0.1, 0.15) is 5.82 Å². The fourth-order valence-electron chi connectivity index (χ4n) is 2.02. The number of rotatable bonds is 2. The molecule has 2 aromatic rings. The average molecular weight is 288 g/mol. The van der Waals surface area contributed by atoms with Gasteiger partial charge in [0.15, 0.2) is 5.11 Å². The molecule has 0 atom stereocenters. The van der Waals surface area contributed by atoms with Gasteiger partial charge in [0.05, 0.1) is 0 Å². The van der Waals surface area contributed by atoms with Crippen molar-refractivity contribution in [2.45, 2.75) is 20.8 Å². The minimum absolute atomic E-state index is 0.245. The summed E-state index contributed by atoms with van der Waals surface area (Å²) in [4.78, 5) is 0. The number of nitrogens with one attached hydrogen (secondary N) is 2. The molecule has 2 N–H and O–H groups in total. The van der Waals surface area contributed by atoms with Crippen LogP contribution in [-0.2, 0) is 0 Å². The second-order valence-corrected chi connectivity index (χ2v) is 5.17. The number of thiocarbonyl (C=S) groups is 1. The Balaban J connectivity index is 2.16. The Labute approximate surface area is 124 Å². The van der Waals surface area contributed by atoms with E-state index in [1.54, 1.807) is 19.1 Å². The van der Waals surface area contributed by atoms with Gasteiger partial charge in [-0.1, -0.05) is 24.3 Å². The molecule has 2 rings (SSSR count). The number of hydrogen-bond acceptors (Lipinski definition) is 1. The van der Waals surface area contributed by atoms with Gasteiger partial charge >= 0.3 is 0 Å². The SMILES string of the molecule is Cc1cccc(C)c1NC(=S)Nc1cccc(F)c1C. The molecule has 2 aromatic carbocycles. The highest BCUT2D eigenvalue weighted by Crippen LogP contribution is 2.21. The molecule has 0 radical (unpaired) electrons. The van der Waals surface area contributed by atoms with Gasteiger partial charge in [0.2, 0.25) is 0 Å². The van der Waals surface area contributed by atoms with Gasteiger partial charge in [-0.25, -0.2) is 4.39 Å². The van der Waals surface area contributed by atoms with Crippen LogP contribution in [0.15, 0.2) is 36.4 Å². The standard InChI is InChI=1S/C16H17FN2S/c1-10-6-4-7-11(2)15(10)19-16(20)18-14-9-5-8-13(17)12(14)3/h4-9H,1-3H3,(H2,18,19,20). The normalized spacial score (nSPS) is 10.2. The quantitative estimate of drug-likeness (QED) is 0.792. The van der Waals surface area contributed by atoms with Gasteiger partial charge in [0, 0.05) is 16.9 Å². The summed E-state index contributed by atoms with van der Waals surface area (Å²) in [6.07, 6.45) is 0. The van der Waals surface area contributed by atoms with Crippen LogP contribution in [0.25, 0.3) is 0 Å². The zero-order chi connectivity index (χ0) is 14.7. The number of aryl methyl sites for hydroxylation is 2. The van der Waals surface area contributed by atoms with Crippen molar-refractivity contribution in [3.05, 3.63) is 58.9 Å². The summed E-state index contributed by atoms with van der Waals surface area (Å²) in [6, 6.07) is 10.9. The van der Waals surface area contributed by atoms with E-state index in [0.29, 0.717) is 16.4 Å². The second kappa shape index (κ2) is 6.01. The first kappa shape index (κ1) is 14.5. The number of halogens is 1. The number of hydrogen-bond donors (Lipinski definition) is 2. The van der Waals surface area contributed by atoms with Crippen LogP contribution in [0.4, 0.5) is 15.8 Å². The van der Waals surface area contributed by atoms with Gasteiger partial charge in [0.25, 0.3) is 0 Å². The van der Waals surface area contributed by atoms with Crippen LogP contribution in [0.1, 0.15) is 16.7 Å². The van der Waals surface area contributed by atoms with Crippen molar-refractivity contribution in [1.29, 1.82) is 0 Å². The minimum Gasteiger partial charge on any atom is -0.332 e. The highest BCUT2D eigenvalue weighted by molar-refractivity contribution is 7.80. The largest absolute Gasteiger partial charge is 0.332 e. The zero-order valence-corrected chi connectivity index (χ0v) is 12.6. The maximum Gasteiger partial charge on any atom is 0.175 e. The highest BCUT2D eigenvalue weighted by atomic mass is 32.1. The topological polar surface area (TPSA) is 24.1 Å². The van der Waals surface area contributed by atoms with Crippen LogP contribution >= 0.6 is 12.2 Å². The molecular formula is C16H17FN2S. The summed E-state index contributed by atoms with van der Waals surface area (Å²) in [5.74, 6) is -0.245. The van der Waals surface area contributed by atoms with Gasteiger partial charge in [-0.05, 0) is 56.2 Å². The fraction of sp³-hybridized carbons (Fsp3) is 0.188. The van der Waals surface area contributed by atoms with Crippen molar-refractivity contribution < 1.29 is 4.39 Å². The highest BCUT2D eigenvalue weighted by Gasteiger charge is 2.07. The molecular weight excluding hydrogens is 271 g/mol.